The van der Waals surface area contributed by atoms with E-state index in [4.69, 9.17) is 19.3 Å². The Balaban J connectivity index is 2.10. The maximum Gasteiger partial charge on any atom is 0.217 e. The lowest BCUT2D eigenvalue weighted by Crippen LogP contribution is -2.65. The second-order valence-corrected chi connectivity index (χ2v) is 5.80. The fourth-order valence-electron chi connectivity index (χ4n) is 2.74. The van der Waals surface area contributed by atoms with Crippen molar-refractivity contribution in [1.82, 2.24) is 5.32 Å². The van der Waals surface area contributed by atoms with E-state index in [1.54, 1.807) is 0 Å². The number of amides is 1. The topological polar surface area (TPSA) is 117 Å². The second kappa shape index (κ2) is 9.81. The van der Waals surface area contributed by atoms with Gasteiger partial charge in [0.25, 0.3) is 0 Å². The van der Waals surface area contributed by atoms with E-state index in [2.05, 4.69) is 5.32 Å². The van der Waals surface area contributed by atoms with Gasteiger partial charge in [-0.3, -0.25) is 4.79 Å². The predicted octanol–water partition coefficient (Wildman–Crippen LogP) is -0.836. The Bertz CT molecular complexity index is 527. The Morgan fingerprint density at radius 3 is 2.56 bits per heavy atom. The highest BCUT2D eigenvalue weighted by atomic mass is 16.7. The second-order valence-electron chi connectivity index (χ2n) is 5.80. The Hall–Kier alpha value is -1.55. The van der Waals surface area contributed by atoms with Gasteiger partial charge in [-0.25, -0.2) is 0 Å². The lowest BCUT2D eigenvalue weighted by molar-refractivity contribution is -0.280. The Kier molecular flexibility index (Phi) is 7.76. The van der Waals surface area contributed by atoms with Gasteiger partial charge in [0, 0.05) is 6.92 Å². The molecule has 0 bridgehead atoms. The van der Waals surface area contributed by atoms with E-state index in [1.807, 2.05) is 30.3 Å². The molecular formula is C17H25NO7. The van der Waals surface area contributed by atoms with Gasteiger partial charge in [-0.2, -0.15) is 0 Å². The number of nitrogens with one attached hydrogen (secondary N) is 1. The van der Waals surface area contributed by atoms with E-state index in [0.717, 1.165) is 5.56 Å². The SMILES string of the molecule is CC(=O)N[C@H]1[C@@H](OCCO)O[C@H](CO)[C@@H](OCc2ccccc2)[C@@H]1O. The van der Waals surface area contributed by atoms with Crippen molar-refractivity contribution >= 4 is 5.91 Å². The zero-order chi connectivity index (χ0) is 18.2. The molecule has 0 radical (unpaired) electrons. The summed E-state index contributed by atoms with van der Waals surface area (Å²) < 4.78 is 16.7. The molecule has 4 N–H and O–H groups in total. The van der Waals surface area contributed by atoms with Crippen LogP contribution >= 0.6 is 0 Å². The highest BCUT2D eigenvalue weighted by Crippen LogP contribution is 2.25. The lowest BCUT2D eigenvalue weighted by Gasteiger charge is -2.43. The van der Waals surface area contributed by atoms with Gasteiger partial charge >= 0.3 is 0 Å². The maximum absolute atomic E-state index is 11.4. The highest BCUT2D eigenvalue weighted by Gasteiger charge is 2.46. The van der Waals surface area contributed by atoms with Gasteiger partial charge in [-0.15, -0.1) is 0 Å². The first-order valence-electron chi connectivity index (χ1n) is 8.16. The zero-order valence-corrected chi connectivity index (χ0v) is 14.1. The van der Waals surface area contributed by atoms with E-state index in [0.29, 0.717) is 0 Å². The Labute approximate surface area is 146 Å². The highest BCUT2D eigenvalue weighted by molar-refractivity contribution is 5.73. The summed E-state index contributed by atoms with van der Waals surface area (Å²) in [6.45, 7) is 0.884. The number of aliphatic hydroxyl groups is 3. The van der Waals surface area contributed by atoms with Gasteiger partial charge in [-0.1, -0.05) is 30.3 Å². The fourth-order valence-corrected chi connectivity index (χ4v) is 2.74. The standard InChI is InChI=1S/C17H25NO7/c1-11(21)18-14-15(22)16(24-10-12-5-3-2-4-6-12)13(9-20)25-17(14)23-8-7-19/h2-6,13-17,19-20,22H,7-10H2,1H3,(H,18,21)/t13-,14-,15-,16-,17+/m1/s1. The fraction of sp³-hybridized carbons (Fsp3) is 0.588. The third kappa shape index (κ3) is 5.46. The summed E-state index contributed by atoms with van der Waals surface area (Å²) in [5.74, 6) is -0.366. The first-order chi connectivity index (χ1) is 12.1. The molecule has 1 saturated heterocycles. The van der Waals surface area contributed by atoms with Gasteiger partial charge in [0.05, 0.1) is 26.4 Å². The molecule has 1 fully saturated rings. The summed E-state index contributed by atoms with van der Waals surface area (Å²) in [6.07, 6.45) is -3.83. The average Bonchev–Trinajstić information content (AvgIpc) is 2.61. The molecule has 1 aromatic rings. The van der Waals surface area contributed by atoms with Gasteiger partial charge in [0.1, 0.15) is 24.4 Å². The molecule has 8 heteroatoms. The number of rotatable bonds is 8. The molecule has 140 valence electrons. The maximum atomic E-state index is 11.4. The molecule has 0 aliphatic carbocycles. The molecule has 2 rings (SSSR count). The zero-order valence-electron chi connectivity index (χ0n) is 14.1. The minimum Gasteiger partial charge on any atom is -0.394 e. The Morgan fingerprint density at radius 2 is 1.96 bits per heavy atom. The van der Waals surface area contributed by atoms with Crippen LogP contribution in [0.25, 0.3) is 0 Å². The van der Waals surface area contributed by atoms with Crippen molar-refractivity contribution in [2.24, 2.45) is 0 Å². The summed E-state index contributed by atoms with van der Waals surface area (Å²) >= 11 is 0. The van der Waals surface area contributed by atoms with Crippen LogP contribution in [0.2, 0.25) is 0 Å². The van der Waals surface area contributed by atoms with Crippen LogP contribution in [0.15, 0.2) is 30.3 Å². The molecule has 0 saturated carbocycles. The minimum absolute atomic E-state index is 0.0266. The summed E-state index contributed by atoms with van der Waals surface area (Å²) in [5.41, 5.74) is 0.904. The van der Waals surface area contributed by atoms with Crippen LogP contribution in [0.3, 0.4) is 0 Å². The van der Waals surface area contributed by atoms with Crippen LogP contribution < -0.4 is 5.32 Å². The molecule has 1 aliphatic heterocycles. The number of hydrogen-bond acceptors (Lipinski definition) is 7. The van der Waals surface area contributed by atoms with E-state index >= 15 is 0 Å². The largest absolute Gasteiger partial charge is 0.394 e. The minimum atomic E-state index is -1.15. The summed E-state index contributed by atoms with van der Waals surface area (Å²) in [5, 5.41) is 31.7. The molecule has 8 nitrogen and oxygen atoms in total. The molecule has 0 aromatic heterocycles. The molecule has 1 heterocycles. The van der Waals surface area contributed by atoms with Gasteiger partial charge in [0.2, 0.25) is 5.91 Å². The molecule has 0 spiro atoms. The van der Waals surface area contributed by atoms with Crippen molar-refractivity contribution in [3.63, 3.8) is 0 Å². The first-order valence-corrected chi connectivity index (χ1v) is 8.16. The smallest absolute Gasteiger partial charge is 0.217 e. The number of ether oxygens (including phenoxy) is 3. The van der Waals surface area contributed by atoms with Crippen molar-refractivity contribution < 1.29 is 34.3 Å². The molecule has 1 aromatic carbocycles. The third-order valence-corrected chi connectivity index (χ3v) is 3.88. The number of aliphatic hydroxyl groups excluding tert-OH is 3. The van der Waals surface area contributed by atoms with Crippen molar-refractivity contribution in [3.8, 4) is 0 Å². The van der Waals surface area contributed by atoms with Crippen LogP contribution in [0.4, 0.5) is 0 Å². The van der Waals surface area contributed by atoms with E-state index in [1.165, 1.54) is 6.92 Å². The molecular weight excluding hydrogens is 330 g/mol. The van der Waals surface area contributed by atoms with E-state index in [9.17, 15) is 15.0 Å². The van der Waals surface area contributed by atoms with Crippen molar-refractivity contribution in [2.75, 3.05) is 19.8 Å². The van der Waals surface area contributed by atoms with Crippen LogP contribution in [-0.2, 0) is 25.6 Å². The van der Waals surface area contributed by atoms with Crippen molar-refractivity contribution in [2.45, 2.75) is 44.2 Å². The normalized spacial score (nSPS) is 29.4. The van der Waals surface area contributed by atoms with Crippen LogP contribution in [0, 0.1) is 0 Å². The predicted molar refractivity (Wildman–Crippen MR) is 87.4 cm³/mol. The Morgan fingerprint density at radius 1 is 1.24 bits per heavy atom. The molecule has 25 heavy (non-hydrogen) atoms. The van der Waals surface area contributed by atoms with E-state index in [-0.39, 0.29) is 32.3 Å². The summed E-state index contributed by atoms with van der Waals surface area (Å²) in [6, 6.07) is 8.50. The van der Waals surface area contributed by atoms with E-state index < -0.39 is 30.6 Å². The molecule has 1 aliphatic rings. The number of benzene rings is 1. The average molecular weight is 355 g/mol. The molecule has 5 atom stereocenters. The number of carbonyl (C=O) groups excluding carboxylic acids is 1. The van der Waals surface area contributed by atoms with Crippen LogP contribution in [0.1, 0.15) is 12.5 Å². The molecule has 1 amide bonds. The van der Waals surface area contributed by atoms with Crippen LogP contribution in [0.5, 0.6) is 0 Å². The van der Waals surface area contributed by atoms with Gasteiger partial charge in [0.15, 0.2) is 6.29 Å². The van der Waals surface area contributed by atoms with Gasteiger partial charge in [-0.05, 0) is 5.56 Å². The molecule has 0 unspecified atom stereocenters. The monoisotopic (exact) mass is 355 g/mol. The quantitative estimate of drug-likeness (QED) is 0.480. The lowest BCUT2D eigenvalue weighted by atomic mass is 9.96. The van der Waals surface area contributed by atoms with Crippen LogP contribution in [-0.4, -0.2) is 71.7 Å². The third-order valence-electron chi connectivity index (χ3n) is 3.88. The number of carbonyl (C=O) groups is 1. The number of hydrogen-bond donors (Lipinski definition) is 4. The first kappa shape index (κ1) is 19.8. The van der Waals surface area contributed by atoms with Crippen molar-refractivity contribution in [3.05, 3.63) is 35.9 Å². The van der Waals surface area contributed by atoms with Gasteiger partial charge < -0.3 is 34.8 Å². The van der Waals surface area contributed by atoms with Crippen molar-refractivity contribution in [1.29, 1.82) is 0 Å². The summed E-state index contributed by atoms with van der Waals surface area (Å²) in [7, 11) is 0. The summed E-state index contributed by atoms with van der Waals surface area (Å²) in [4.78, 5) is 11.4.